The zero-order valence-electron chi connectivity index (χ0n) is 11.6. The van der Waals surface area contributed by atoms with Gasteiger partial charge in [-0.3, -0.25) is 4.79 Å². The number of amides is 1. The summed E-state index contributed by atoms with van der Waals surface area (Å²) in [4.78, 5) is 13.4. The van der Waals surface area contributed by atoms with Gasteiger partial charge in [-0.1, -0.05) is 12.8 Å². The Morgan fingerprint density at radius 3 is 2.15 bits per heavy atom. The fourth-order valence-electron chi connectivity index (χ4n) is 2.93. The highest BCUT2D eigenvalue weighted by molar-refractivity contribution is 7.92. The number of rotatable bonds is 4. The Labute approximate surface area is 120 Å². The molecule has 20 heavy (non-hydrogen) atoms. The molecule has 1 saturated carbocycles. The lowest BCUT2D eigenvalue weighted by molar-refractivity contribution is -0.127. The van der Waals surface area contributed by atoms with Crippen LogP contribution in [0.1, 0.15) is 32.1 Å². The van der Waals surface area contributed by atoms with E-state index in [-0.39, 0.29) is 11.8 Å². The van der Waals surface area contributed by atoms with Crippen molar-refractivity contribution in [2.75, 3.05) is 25.1 Å². The lowest BCUT2D eigenvalue weighted by Gasteiger charge is -2.18. The Morgan fingerprint density at radius 2 is 1.65 bits per heavy atom. The van der Waals surface area contributed by atoms with Gasteiger partial charge in [0, 0.05) is 19.3 Å². The van der Waals surface area contributed by atoms with Gasteiger partial charge >= 0.3 is 0 Å². The standard InChI is InChI=1S/C12H21NO5S2/c1-19(15,16)11-6-7-13(8-11)12(14)9-20(17,18)10-4-2-3-5-10/h10-11H,2-9H2,1H3. The summed E-state index contributed by atoms with van der Waals surface area (Å²) in [6.45, 7) is 0.453. The Hall–Kier alpha value is -0.630. The molecule has 0 radical (unpaired) electrons. The summed E-state index contributed by atoms with van der Waals surface area (Å²) in [6.07, 6.45) is 4.63. The van der Waals surface area contributed by atoms with Crippen LogP contribution in [0.2, 0.25) is 0 Å². The molecule has 0 bridgehead atoms. The molecule has 0 aromatic carbocycles. The Morgan fingerprint density at radius 1 is 1.05 bits per heavy atom. The molecule has 0 N–H and O–H groups in total. The summed E-state index contributed by atoms with van der Waals surface area (Å²) in [5, 5.41) is -0.944. The number of carbonyl (C=O) groups is 1. The van der Waals surface area contributed by atoms with E-state index in [2.05, 4.69) is 0 Å². The van der Waals surface area contributed by atoms with Crippen molar-refractivity contribution in [3.63, 3.8) is 0 Å². The van der Waals surface area contributed by atoms with Gasteiger partial charge in [0.2, 0.25) is 5.91 Å². The molecule has 1 atom stereocenters. The summed E-state index contributed by atoms with van der Waals surface area (Å²) in [7, 11) is -6.56. The van der Waals surface area contributed by atoms with Crippen LogP contribution in [-0.2, 0) is 24.5 Å². The van der Waals surface area contributed by atoms with Gasteiger partial charge < -0.3 is 4.90 Å². The SMILES string of the molecule is CS(=O)(=O)C1CCN(C(=O)CS(=O)(=O)C2CCCC2)C1. The van der Waals surface area contributed by atoms with Crippen LogP contribution >= 0.6 is 0 Å². The molecule has 0 spiro atoms. The highest BCUT2D eigenvalue weighted by Gasteiger charge is 2.36. The van der Waals surface area contributed by atoms with E-state index in [1.165, 1.54) is 4.90 Å². The van der Waals surface area contributed by atoms with Gasteiger partial charge in [-0.25, -0.2) is 16.8 Å². The highest BCUT2D eigenvalue weighted by Crippen LogP contribution is 2.26. The maximum Gasteiger partial charge on any atom is 0.237 e. The molecule has 2 aliphatic rings. The second kappa shape index (κ2) is 5.63. The zero-order chi connectivity index (χ0) is 15.0. The van der Waals surface area contributed by atoms with Crippen LogP contribution in [0.25, 0.3) is 0 Å². The summed E-state index contributed by atoms with van der Waals surface area (Å²) in [6, 6.07) is 0. The summed E-state index contributed by atoms with van der Waals surface area (Å²) >= 11 is 0. The number of sulfone groups is 2. The first kappa shape index (κ1) is 15.8. The average Bonchev–Trinajstić information content (AvgIpc) is 3.00. The first-order valence-corrected chi connectivity index (χ1v) is 10.6. The third-order valence-electron chi connectivity index (χ3n) is 4.24. The van der Waals surface area contributed by atoms with Crippen molar-refractivity contribution in [1.82, 2.24) is 4.90 Å². The average molecular weight is 323 g/mol. The van der Waals surface area contributed by atoms with Gasteiger partial charge in [0.25, 0.3) is 0 Å². The van der Waals surface area contributed by atoms with E-state index in [0.717, 1.165) is 19.1 Å². The molecule has 2 rings (SSSR count). The zero-order valence-corrected chi connectivity index (χ0v) is 13.2. The number of likely N-dealkylation sites (tertiary alicyclic amines) is 1. The predicted octanol–water partition coefficient (Wildman–Crippen LogP) is -0.0107. The highest BCUT2D eigenvalue weighted by atomic mass is 32.2. The van der Waals surface area contributed by atoms with Crippen LogP contribution < -0.4 is 0 Å². The van der Waals surface area contributed by atoms with Crippen LogP contribution in [0.4, 0.5) is 0 Å². The van der Waals surface area contributed by atoms with E-state index in [1.54, 1.807) is 0 Å². The quantitative estimate of drug-likeness (QED) is 0.726. The second-order valence-corrected chi connectivity index (χ2v) is 10.4. The largest absolute Gasteiger partial charge is 0.340 e. The van der Waals surface area contributed by atoms with Crippen LogP contribution in [-0.4, -0.2) is 63.2 Å². The second-order valence-electron chi connectivity index (χ2n) is 5.79. The van der Waals surface area contributed by atoms with Crippen LogP contribution in [0.5, 0.6) is 0 Å². The van der Waals surface area contributed by atoms with Crippen molar-refractivity contribution in [3.05, 3.63) is 0 Å². The van der Waals surface area contributed by atoms with Crippen molar-refractivity contribution < 1.29 is 21.6 Å². The maximum atomic E-state index is 12.1. The molecule has 1 heterocycles. The van der Waals surface area contributed by atoms with E-state index >= 15 is 0 Å². The predicted molar refractivity (Wildman–Crippen MR) is 75.9 cm³/mol. The third-order valence-corrected chi connectivity index (χ3v) is 7.97. The third kappa shape index (κ3) is 3.52. The number of nitrogens with zero attached hydrogens (tertiary/aromatic N) is 1. The van der Waals surface area contributed by atoms with E-state index < -0.39 is 36.6 Å². The molecule has 1 unspecified atom stereocenters. The lowest BCUT2D eigenvalue weighted by atomic mass is 10.4. The van der Waals surface area contributed by atoms with E-state index in [0.29, 0.717) is 25.8 Å². The monoisotopic (exact) mass is 323 g/mol. The molecule has 0 aromatic heterocycles. The van der Waals surface area contributed by atoms with E-state index in [1.807, 2.05) is 0 Å². The van der Waals surface area contributed by atoms with Gasteiger partial charge in [-0.15, -0.1) is 0 Å². The van der Waals surface area contributed by atoms with Gasteiger partial charge in [0.15, 0.2) is 19.7 Å². The van der Waals surface area contributed by atoms with Gasteiger partial charge in [0.1, 0.15) is 5.75 Å². The normalized spacial score (nSPS) is 25.2. The van der Waals surface area contributed by atoms with Crippen LogP contribution in [0.15, 0.2) is 0 Å². The van der Waals surface area contributed by atoms with Crippen molar-refractivity contribution >= 4 is 25.6 Å². The first-order chi connectivity index (χ1) is 9.20. The van der Waals surface area contributed by atoms with Gasteiger partial charge in [0.05, 0.1) is 10.5 Å². The Balaban J connectivity index is 1.96. The van der Waals surface area contributed by atoms with Crippen molar-refractivity contribution in [2.45, 2.75) is 42.6 Å². The summed E-state index contributed by atoms with van der Waals surface area (Å²) < 4.78 is 47.1. The fourth-order valence-corrected chi connectivity index (χ4v) is 5.73. The topological polar surface area (TPSA) is 88.6 Å². The van der Waals surface area contributed by atoms with Crippen molar-refractivity contribution in [1.29, 1.82) is 0 Å². The molecule has 116 valence electrons. The van der Waals surface area contributed by atoms with E-state index in [4.69, 9.17) is 0 Å². The minimum absolute atomic E-state index is 0.123. The molecule has 1 aliphatic carbocycles. The van der Waals surface area contributed by atoms with Gasteiger partial charge in [-0.2, -0.15) is 0 Å². The minimum Gasteiger partial charge on any atom is -0.340 e. The lowest BCUT2D eigenvalue weighted by Crippen LogP contribution is -2.37. The molecule has 2 fully saturated rings. The first-order valence-electron chi connectivity index (χ1n) is 6.88. The van der Waals surface area contributed by atoms with Crippen molar-refractivity contribution in [3.8, 4) is 0 Å². The van der Waals surface area contributed by atoms with Gasteiger partial charge in [-0.05, 0) is 19.3 Å². The maximum absolute atomic E-state index is 12.1. The Kier molecular flexibility index (Phi) is 4.44. The number of hydrogen-bond donors (Lipinski definition) is 0. The molecule has 1 amide bonds. The van der Waals surface area contributed by atoms with Crippen molar-refractivity contribution in [2.24, 2.45) is 0 Å². The minimum atomic E-state index is -3.39. The molecule has 1 saturated heterocycles. The Bertz CT molecular complexity index is 575. The number of carbonyl (C=O) groups excluding carboxylic acids is 1. The molecule has 1 aliphatic heterocycles. The number of hydrogen-bond acceptors (Lipinski definition) is 5. The van der Waals surface area contributed by atoms with Crippen LogP contribution in [0, 0.1) is 0 Å². The molecular formula is C12H21NO5S2. The summed E-state index contributed by atoms with van der Waals surface area (Å²) in [5.41, 5.74) is 0. The molecule has 0 aromatic rings. The molecule has 8 heteroatoms. The van der Waals surface area contributed by atoms with Crippen LogP contribution in [0.3, 0.4) is 0 Å². The molecule has 6 nitrogen and oxygen atoms in total. The molecular weight excluding hydrogens is 302 g/mol. The smallest absolute Gasteiger partial charge is 0.237 e. The fraction of sp³-hybridized carbons (Fsp3) is 0.917. The van der Waals surface area contributed by atoms with E-state index in [9.17, 15) is 21.6 Å². The summed E-state index contributed by atoms with van der Waals surface area (Å²) in [5.74, 6) is -0.934.